The molecule has 2 heterocycles. The molecule has 0 aliphatic carbocycles. The summed E-state index contributed by atoms with van der Waals surface area (Å²) < 4.78 is 23.8. The van der Waals surface area contributed by atoms with E-state index in [0.717, 1.165) is 11.0 Å². The van der Waals surface area contributed by atoms with E-state index in [4.69, 9.17) is 23.9 Å². The van der Waals surface area contributed by atoms with Crippen molar-refractivity contribution in [2.45, 2.75) is 13.0 Å². The Morgan fingerprint density at radius 1 is 1.07 bits per heavy atom. The maximum absolute atomic E-state index is 12.9. The topological polar surface area (TPSA) is 83.8 Å². The van der Waals surface area contributed by atoms with E-state index in [0.29, 0.717) is 40.0 Å². The van der Waals surface area contributed by atoms with Gasteiger partial charge in [0.1, 0.15) is 11.8 Å². The molecule has 1 aromatic heterocycles. The number of allylic oxidation sites excluding steroid dienone is 1. The Labute approximate surface area is 174 Å². The van der Waals surface area contributed by atoms with Crippen LogP contribution in [0.3, 0.4) is 0 Å². The minimum absolute atomic E-state index is 0.446. The molecule has 1 aliphatic heterocycles. The van der Waals surface area contributed by atoms with Gasteiger partial charge in [-0.2, -0.15) is 0 Å². The van der Waals surface area contributed by atoms with Gasteiger partial charge in [-0.3, -0.25) is 4.57 Å². The number of methoxy groups -OCH3 is 4. The van der Waals surface area contributed by atoms with Crippen molar-refractivity contribution >= 4 is 23.0 Å². The van der Waals surface area contributed by atoms with Gasteiger partial charge in [-0.1, -0.05) is 12.1 Å². The second kappa shape index (κ2) is 7.62. The minimum atomic E-state index is -0.569. The number of carbonyl (C=O) groups excluding carboxylic acids is 1. The van der Waals surface area contributed by atoms with Crippen LogP contribution in [0.1, 0.15) is 18.5 Å². The Kier molecular flexibility index (Phi) is 4.99. The summed E-state index contributed by atoms with van der Waals surface area (Å²) in [6.07, 6.45) is 0. The molecule has 156 valence electrons. The molecule has 8 heteroatoms. The Morgan fingerprint density at radius 3 is 2.50 bits per heavy atom. The number of nitrogens with one attached hydrogen (secondary N) is 1. The number of rotatable bonds is 5. The van der Waals surface area contributed by atoms with Crippen molar-refractivity contribution in [3.05, 3.63) is 53.2 Å². The number of imidazole rings is 1. The summed E-state index contributed by atoms with van der Waals surface area (Å²) in [5.74, 6) is 1.75. The van der Waals surface area contributed by atoms with Crippen molar-refractivity contribution in [2.24, 2.45) is 0 Å². The summed E-state index contributed by atoms with van der Waals surface area (Å²) in [6.45, 7) is 1.83. The molecule has 0 saturated heterocycles. The van der Waals surface area contributed by atoms with Gasteiger partial charge < -0.3 is 24.3 Å². The Morgan fingerprint density at radius 2 is 1.83 bits per heavy atom. The lowest BCUT2D eigenvalue weighted by Gasteiger charge is -2.31. The van der Waals surface area contributed by atoms with Gasteiger partial charge in [0.05, 0.1) is 45.0 Å². The lowest BCUT2D eigenvalue weighted by Crippen LogP contribution is -2.29. The van der Waals surface area contributed by atoms with Crippen molar-refractivity contribution in [1.29, 1.82) is 0 Å². The summed E-state index contributed by atoms with van der Waals surface area (Å²) in [5, 5.41) is 3.24. The molecule has 2 aromatic carbocycles. The van der Waals surface area contributed by atoms with Gasteiger partial charge in [-0.05, 0) is 25.1 Å². The van der Waals surface area contributed by atoms with Crippen LogP contribution in [-0.2, 0) is 9.53 Å². The molecular formula is C22H23N3O5. The first kappa shape index (κ1) is 19.6. The van der Waals surface area contributed by atoms with E-state index in [2.05, 4.69) is 5.32 Å². The fourth-order valence-electron chi connectivity index (χ4n) is 3.92. The first-order chi connectivity index (χ1) is 14.5. The molecule has 4 rings (SSSR count). The molecule has 1 unspecified atom stereocenters. The number of para-hydroxylation sites is 2. The molecule has 1 aliphatic rings. The van der Waals surface area contributed by atoms with Crippen LogP contribution in [0.15, 0.2) is 47.7 Å². The molecule has 0 saturated carbocycles. The van der Waals surface area contributed by atoms with Gasteiger partial charge in [0.15, 0.2) is 11.5 Å². The van der Waals surface area contributed by atoms with E-state index < -0.39 is 12.0 Å². The fraction of sp³-hybridized carbons (Fsp3) is 0.273. The molecule has 1 atom stereocenters. The standard InChI is InChI=1S/C22H23N3O5/c1-12-18(21(26)30-5)19(14-10-13(27-2)11-17(28-3)20(14)29-4)25-16-9-7-6-8-15(16)24-22(25)23-12/h6-11,19H,1-5H3,(H,23,24). The van der Waals surface area contributed by atoms with Gasteiger partial charge >= 0.3 is 5.97 Å². The number of hydrogen-bond acceptors (Lipinski definition) is 7. The molecule has 0 spiro atoms. The summed E-state index contributed by atoms with van der Waals surface area (Å²) in [4.78, 5) is 17.6. The first-order valence-electron chi connectivity index (χ1n) is 9.37. The molecule has 3 aromatic rings. The average Bonchev–Trinajstić information content (AvgIpc) is 3.14. The van der Waals surface area contributed by atoms with E-state index in [1.165, 1.54) is 7.11 Å². The highest BCUT2D eigenvalue weighted by molar-refractivity contribution is 5.94. The zero-order valence-corrected chi connectivity index (χ0v) is 17.5. The van der Waals surface area contributed by atoms with Gasteiger partial charge in [-0.25, -0.2) is 9.78 Å². The SMILES string of the molecule is COC(=O)C1=C(C)Nc2nc3ccccc3n2C1c1cc(OC)cc(OC)c1OC. The molecule has 1 N–H and O–H groups in total. The molecule has 0 bridgehead atoms. The first-order valence-corrected chi connectivity index (χ1v) is 9.37. The molecule has 30 heavy (non-hydrogen) atoms. The third-order valence-electron chi connectivity index (χ3n) is 5.25. The molecule has 0 amide bonds. The van der Waals surface area contributed by atoms with Crippen molar-refractivity contribution in [2.75, 3.05) is 33.8 Å². The van der Waals surface area contributed by atoms with Crippen LogP contribution in [-0.4, -0.2) is 44.0 Å². The van der Waals surface area contributed by atoms with Crippen LogP contribution in [0, 0.1) is 0 Å². The number of fused-ring (bicyclic) bond motifs is 3. The number of benzene rings is 2. The highest BCUT2D eigenvalue weighted by Gasteiger charge is 2.37. The van der Waals surface area contributed by atoms with Gasteiger partial charge in [0.25, 0.3) is 0 Å². The Bertz CT molecular complexity index is 1170. The summed E-state index contributed by atoms with van der Waals surface area (Å²) in [6, 6.07) is 10.8. The van der Waals surface area contributed by atoms with Crippen LogP contribution in [0.5, 0.6) is 17.2 Å². The van der Waals surface area contributed by atoms with E-state index in [1.807, 2.05) is 41.8 Å². The normalized spacial score (nSPS) is 15.4. The van der Waals surface area contributed by atoms with Crippen LogP contribution in [0.2, 0.25) is 0 Å². The van der Waals surface area contributed by atoms with Crippen molar-refractivity contribution < 1.29 is 23.7 Å². The highest BCUT2D eigenvalue weighted by atomic mass is 16.5. The second-order valence-corrected chi connectivity index (χ2v) is 6.80. The monoisotopic (exact) mass is 409 g/mol. The third-order valence-corrected chi connectivity index (χ3v) is 5.25. The van der Waals surface area contributed by atoms with Crippen molar-refractivity contribution in [1.82, 2.24) is 9.55 Å². The molecule has 8 nitrogen and oxygen atoms in total. The maximum Gasteiger partial charge on any atom is 0.337 e. The minimum Gasteiger partial charge on any atom is -0.497 e. The largest absolute Gasteiger partial charge is 0.497 e. The summed E-state index contributed by atoms with van der Waals surface area (Å²) in [5.41, 5.74) is 3.46. The van der Waals surface area contributed by atoms with Crippen molar-refractivity contribution in [3.8, 4) is 17.2 Å². The van der Waals surface area contributed by atoms with E-state index in [-0.39, 0.29) is 0 Å². The van der Waals surface area contributed by atoms with E-state index in [9.17, 15) is 4.79 Å². The summed E-state index contributed by atoms with van der Waals surface area (Å²) in [7, 11) is 6.07. The average molecular weight is 409 g/mol. The Balaban J connectivity index is 2.09. The predicted octanol–water partition coefficient (Wildman–Crippen LogP) is 3.52. The van der Waals surface area contributed by atoms with Crippen LogP contribution in [0.25, 0.3) is 11.0 Å². The van der Waals surface area contributed by atoms with Gasteiger partial charge in [0, 0.05) is 17.3 Å². The zero-order chi connectivity index (χ0) is 21.4. The molecule has 0 radical (unpaired) electrons. The lowest BCUT2D eigenvalue weighted by atomic mass is 9.93. The number of carbonyl (C=O) groups is 1. The third kappa shape index (κ3) is 2.92. The van der Waals surface area contributed by atoms with E-state index in [1.54, 1.807) is 27.4 Å². The highest BCUT2D eigenvalue weighted by Crippen LogP contribution is 2.46. The summed E-state index contributed by atoms with van der Waals surface area (Å²) >= 11 is 0. The number of aromatic nitrogens is 2. The maximum atomic E-state index is 12.9. The van der Waals surface area contributed by atoms with Gasteiger partial charge in [-0.15, -0.1) is 0 Å². The quantitative estimate of drug-likeness (QED) is 0.646. The Hall–Kier alpha value is -3.68. The number of anilines is 1. The number of esters is 1. The van der Waals surface area contributed by atoms with Crippen LogP contribution >= 0.6 is 0 Å². The molecular weight excluding hydrogens is 386 g/mol. The number of nitrogens with zero attached hydrogens (tertiary/aromatic N) is 2. The smallest absolute Gasteiger partial charge is 0.337 e. The second-order valence-electron chi connectivity index (χ2n) is 6.80. The van der Waals surface area contributed by atoms with Crippen LogP contribution < -0.4 is 19.5 Å². The zero-order valence-electron chi connectivity index (χ0n) is 17.5. The van der Waals surface area contributed by atoms with Crippen LogP contribution in [0.4, 0.5) is 5.95 Å². The van der Waals surface area contributed by atoms with Crippen molar-refractivity contribution in [3.63, 3.8) is 0 Å². The predicted molar refractivity (Wildman–Crippen MR) is 112 cm³/mol. The van der Waals surface area contributed by atoms with E-state index >= 15 is 0 Å². The fourth-order valence-corrected chi connectivity index (χ4v) is 3.92. The molecule has 0 fully saturated rings. The number of hydrogen-bond donors (Lipinski definition) is 1. The number of ether oxygens (including phenoxy) is 4. The lowest BCUT2D eigenvalue weighted by molar-refractivity contribution is -0.136. The van der Waals surface area contributed by atoms with Gasteiger partial charge in [0.2, 0.25) is 5.95 Å².